The van der Waals surface area contributed by atoms with Crippen molar-refractivity contribution in [2.75, 3.05) is 13.1 Å². The van der Waals surface area contributed by atoms with Gasteiger partial charge in [0.15, 0.2) is 0 Å². The van der Waals surface area contributed by atoms with Crippen molar-refractivity contribution < 1.29 is 0 Å². The van der Waals surface area contributed by atoms with Gasteiger partial charge < -0.3 is 5.73 Å². The maximum atomic E-state index is 6.22. The van der Waals surface area contributed by atoms with Crippen LogP contribution < -0.4 is 5.73 Å². The van der Waals surface area contributed by atoms with E-state index >= 15 is 0 Å². The lowest BCUT2D eigenvalue weighted by Crippen LogP contribution is -2.47. The Kier molecular flexibility index (Phi) is 3.90. The number of nitrogens with zero attached hydrogens (tertiary/aromatic N) is 1. The SMILES string of the molecule is NC1CCCC2(CCCN(Cc3ccccc3)C2)C1. The van der Waals surface area contributed by atoms with Gasteiger partial charge in [0.25, 0.3) is 0 Å². The average Bonchev–Trinajstić information content (AvgIpc) is 2.39. The first kappa shape index (κ1) is 13.1. The summed E-state index contributed by atoms with van der Waals surface area (Å²) in [4.78, 5) is 2.65. The quantitative estimate of drug-likeness (QED) is 0.883. The molecule has 2 N–H and O–H groups in total. The number of rotatable bonds is 2. The molecule has 1 aliphatic heterocycles. The third kappa shape index (κ3) is 3.18. The molecule has 1 aliphatic carbocycles. The van der Waals surface area contributed by atoms with E-state index in [1.54, 1.807) is 0 Å². The van der Waals surface area contributed by atoms with E-state index in [0.29, 0.717) is 11.5 Å². The summed E-state index contributed by atoms with van der Waals surface area (Å²) in [5.74, 6) is 0. The van der Waals surface area contributed by atoms with Gasteiger partial charge in [0.2, 0.25) is 0 Å². The molecule has 0 radical (unpaired) electrons. The van der Waals surface area contributed by atoms with Crippen LogP contribution in [-0.2, 0) is 6.54 Å². The lowest BCUT2D eigenvalue weighted by molar-refractivity contribution is 0.0429. The van der Waals surface area contributed by atoms with Crippen LogP contribution in [0.4, 0.5) is 0 Å². The average molecular weight is 258 g/mol. The zero-order valence-electron chi connectivity index (χ0n) is 11.9. The first-order valence-electron chi connectivity index (χ1n) is 7.78. The molecule has 2 heteroatoms. The third-order valence-electron chi connectivity index (χ3n) is 4.97. The highest BCUT2D eigenvalue weighted by Crippen LogP contribution is 2.43. The van der Waals surface area contributed by atoms with E-state index in [-0.39, 0.29) is 0 Å². The molecule has 0 bridgehead atoms. The molecule has 1 heterocycles. The molecule has 1 saturated carbocycles. The van der Waals surface area contributed by atoms with Crippen LogP contribution in [-0.4, -0.2) is 24.0 Å². The highest BCUT2D eigenvalue weighted by molar-refractivity contribution is 5.14. The van der Waals surface area contributed by atoms with Gasteiger partial charge in [0, 0.05) is 19.1 Å². The Balaban J connectivity index is 1.64. The summed E-state index contributed by atoms with van der Waals surface area (Å²) in [6.45, 7) is 3.62. The van der Waals surface area contributed by atoms with Crippen molar-refractivity contribution in [2.45, 2.75) is 51.1 Å². The predicted octanol–water partition coefficient (Wildman–Crippen LogP) is 3.17. The van der Waals surface area contributed by atoms with Gasteiger partial charge in [-0.1, -0.05) is 36.8 Å². The summed E-state index contributed by atoms with van der Waals surface area (Å²) >= 11 is 0. The van der Waals surface area contributed by atoms with Crippen LogP contribution >= 0.6 is 0 Å². The normalized spacial score (nSPS) is 32.6. The van der Waals surface area contributed by atoms with Gasteiger partial charge in [-0.05, 0) is 49.6 Å². The molecule has 0 amide bonds. The second kappa shape index (κ2) is 5.64. The van der Waals surface area contributed by atoms with Crippen molar-refractivity contribution in [1.29, 1.82) is 0 Å². The third-order valence-corrected chi connectivity index (χ3v) is 4.97. The topological polar surface area (TPSA) is 29.3 Å². The molecule has 2 aliphatic rings. The van der Waals surface area contributed by atoms with E-state index < -0.39 is 0 Å². The van der Waals surface area contributed by atoms with Crippen molar-refractivity contribution in [3.63, 3.8) is 0 Å². The number of nitrogens with two attached hydrogens (primary N) is 1. The molecule has 19 heavy (non-hydrogen) atoms. The summed E-state index contributed by atoms with van der Waals surface area (Å²) in [6.07, 6.45) is 7.95. The maximum Gasteiger partial charge on any atom is 0.0233 e. The Bertz CT molecular complexity index is 399. The molecule has 2 atom stereocenters. The van der Waals surface area contributed by atoms with E-state index in [2.05, 4.69) is 35.2 Å². The Morgan fingerprint density at radius 3 is 2.74 bits per heavy atom. The van der Waals surface area contributed by atoms with Crippen molar-refractivity contribution in [1.82, 2.24) is 4.90 Å². The first-order chi connectivity index (χ1) is 9.26. The van der Waals surface area contributed by atoms with Gasteiger partial charge in [-0.2, -0.15) is 0 Å². The van der Waals surface area contributed by atoms with E-state index in [1.165, 1.54) is 57.2 Å². The molecule has 0 aromatic heterocycles. The van der Waals surface area contributed by atoms with Gasteiger partial charge in [0.05, 0.1) is 0 Å². The summed E-state index contributed by atoms with van der Waals surface area (Å²) in [7, 11) is 0. The maximum absolute atomic E-state index is 6.22. The van der Waals surface area contributed by atoms with Gasteiger partial charge in [0.1, 0.15) is 0 Å². The van der Waals surface area contributed by atoms with Crippen molar-refractivity contribution in [3.8, 4) is 0 Å². The minimum Gasteiger partial charge on any atom is -0.328 e. The summed E-state index contributed by atoms with van der Waals surface area (Å²) in [5.41, 5.74) is 8.20. The second-order valence-corrected chi connectivity index (χ2v) is 6.66. The zero-order valence-corrected chi connectivity index (χ0v) is 11.9. The van der Waals surface area contributed by atoms with E-state index in [0.717, 1.165) is 6.54 Å². The largest absolute Gasteiger partial charge is 0.328 e. The Labute approximate surface area is 117 Å². The van der Waals surface area contributed by atoms with Crippen molar-refractivity contribution in [3.05, 3.63) is 35.9 Å². The molecule has 1 spiro atoms. The van der Waals surface area contributed by atoms with Crippen LogP contribution in [0.3, 0.4) is 0 Å². The van der Waals surface area contributed by atoms with Crippen LogP contribution in [0.1, 0.15) is 44.1 Å². The molecule has 1 saturated heterocycles. The van der Waals surface area contributed by atoms with Gasteiger partial charge >= 0.3 is 0 Å². The number of hydrogen-bond donors (Lipinski definition) is 1. The van der Waals surface area contributed by atoms with Crippen molar-refractivity contribution in [2.24, 2.45) is 11.1 Å². The van der Waals surface area contributed by atoms with Crippen LogP contribution in [0.25, 0.3) is 0 Å². The van der Waals surface area contributed by atoms with Gasteiger partial charge in [-0.15, -0.1) is 0 Å². The summed E-state index contributed by atoms with van der Waals surface area (Å²) in [5, 5.41) is 0. The lowest BCUT2D eigenvalue weighted by atomic mass is 9.68. The molecule has 2 unspecified atom stereocenters. The Hall–Kier alpha value is -0.860. The standard InChI is InChI=1S/C17H26N2/c18-16-8-4-9-17(12-16)10-5-11-19(14-17)13-15-6-2-1-3-7-15/h1-3,6-7,16H,4-5,8-14,18H2. The predicted molar refractivity (Wildman–Crippen MR) is 79.8 cm³/mol. The Morgan fingerprint density at radius 1 is 1.16 bits per heavy atom. The highest BCUT2D eigenvalue weighted by Gasteiger charge is 2.38. The van der Waals surface area contributed by atoms with E-state index in [1.807, 2.05) is 0 Å². The molecule has 1 aromatic rings. The number of likely N-dealkylation sites (tertiary alicyclic amines) is 1. The van der Waals surface area contributed by atoms with Gasteiger partial charge in [-0.3, -0.25) is 4.90 Å². The molecule has 1 aromatic carbocycles. The smallest absolute Gasteiger partial charge is 0.0233 e. The van der Waals surface area contributed by atoms with E-state index in [4.69, 9.17) is 5.73 Å². The minimum absolute atomic E-state index is 0.449. The highest BCUT2D eigenvalue weighted by atomic mass is 15.1. The first-order valence-corrected chi connectivity index (χ1v) is 7.78. The molecular weight excluding hydrogens is 232 g/mol. The monoisotopic (exact) mass is 258 g/mol. The van der Waals surface area contributed by atoms with Crippen molar-refractivity contribution >= 4 is 0 Å². The van der Waals surface area contributed by atoms with Crippen LogP contribution in [0.15, 0.2) is 30.3 Å². The summed E-state index contributed by atoms with van der Waals surface area (Å²) in [6, 6.07) is 11.3. The van der Waals surface area contributed by atoms with Crippen LogP contribution in [0.2, 0.25) is 0 Å². The fourth-order valence-corrected chi connectivity index (χ4v) is 4.16. The van der Waals surface area contributed by atoms with Gasteiger partial charge in [-0.25, -0.2) is 0 Å². The molecule has 2 fully saturated rings. The zero-order chi connectivity index (χ0) is 13.1. The lowest BCUT2D eigenvalue weighted by Gasteiger charge is -2.47. The molecule has 104 valence electrons. The number of piperidine rings is 1. The minimum atomic E-state index is 0.449. The molecular formula is C17H26N2. The Morgan fingerprint density at radius 2 is 1.95 bits per heavy atom. The van der Waals surface area contributed by atoms with Crippen LogP contribution in [0.5, 0.6) is 0 Å². The summed E-state index contributed by atoms with van der Waals surface area (Å²) < 4.78 is 0. The fourth-order valence-electron chi connectivity index (χ4n) is 4.16. The molecule has 3 rings (SSSR count). The van der Waals surface area contributed by atoms with E-state index in [9.17, 15) is 0 Å². The number of hydrogen-bond acceptors (Lipinski definition) is 2. The molecule has 2 nitrogen and oxygen atoms in total. The van der Waals surface area contributed by atoms with Crippen LogP contribution in [0, 0.1) is 5.41 Å². The fraction of sp³-hybridized carbons (Fsp3) is 0.647. The number of benzene rings is 1. The second-order valence-electron chi connectivity index (χ2n) is 6.66.